The van der Waals surface area contributed by atoms with Gasteiger partial charge in [-0.05, 0) is 55.2 Å². The van der Waals surface area contributed by atoms with Crippen molar-refractivity contribution in [2.24, 2.45) is 13.0 Å². The zero-order valence-electron chi connectivity index (χ0n) is 18.7. The summed E-state index contributed by atoms with van der Waals surface area (Å²) in [7, 11) is 1.61. The van der Waals surface area contributed by atoms with E-state index in [0.717, 1.165) is 25.1 Å². The Morgan fingerprint density at radius 3 is 2.57 bits per heavy atom. The first-order valence-corrected chi connectivity index (χ1v) is 11.5. The van der Waals surface area contributed by atoms with E-state index in [-0.39, 0.29) is 34.0 Å². The first-order chi connectivity index (χ1) is 16.7. The fourth-order valence-corrected chi connectivity index (χ4v) is 5.47. The van der Waals surface area contributed by atoms with E-state index >= 15 is 0 Å². The summed E-state index contributed by atoms with van der Waals surface area (Å²) in [6, 6.07) is 11.5. The molecule has 3 aromatic rings. The van der Waals surface area contributed by atoms with Crippen molar-refractivity contribution in [3.8, 4) is 11.8 Å². The maximum absolute atomic E-state index is 12.9. The Hall–Kier alpha value is -3.45. The second-order valence-corrected chi connectivity index (χ2v) is 9.17. The summed E-state index contributed by atoms with van der Waals surface area (Å²) in [6.07, 6.45) is -3.09. The van der Waals surface area contributed by atoms with E-state index in [9.17, 15) is 23.2 Å². The highest BCUT2D eigenvalue weighted by atomic mass is 35.5. The monoisotopic (exact) mass is 503 g/mol. The van der Waals surface area contributed by atoms with Crippen molar-refractivity contribution in [3.63, 3.8) is 0 Å². The molecule has 2 atom stereocenters. The summed E-state index contributed by atoms with van der Waals surface area (Å²) in [5.41, 5.74) is 2.14. The lowest BCUT2D eigenvalue weighted by Gasteiger charge is -2.40. The predicted octanol–water partition coefficient (Wildman–Crippen LogP) is 4.46. The van der Waals surface area contributed by atoms with Gasteiger partial charge in [-0.15, -0.1) is 13.2 Å². The molecule has 35 heavy (non-hydrogen) atoms. The third-order valence-electron chi connectivity index (χ3n) is 6.85. The van der Waals surface area contributed by atoms with Crippen LogP contribution in [0.3, 0.4) is 0 Å². The Labute approximate surface area is 203 Å². The minimum atomic E-state index is -4.73. The number of hydrogen-bond donors (Lipinski definition) is 0. The number of piperidine rings is 1. The summed E-state index contributed by atoms with van der Waals surface area (Å²) in [6.45, 7) is 1.98. The molecule has 2 fully saturated rings. The summed E-state index contributed by atoms with van der Waals surface area (Å²) in [5, 5.41) is 10.1. The molecule has 11 heteroatoms. The molecular formula is C24H21ClF3N5O2. The van der Waals surface area contributed by atoms with Crippen LogP contribution in [0.2, 0.25) is 5.15 Å². The standard InChI is InChI=1S/C24H21ClF3N5O2/c1-31-19-6-7-20(25)30-21(19)22(17(12-29)23(31)34)32-10-9-18-14(13-32)8-11-33(18)15-2-4-16(5-3-15)35-24(26,27)28/h2-7,14,18H,8-11,13H2,1H3/t14-,18+/m0/s1. The van der Waals surface area contributed by atoms with Crippen LogP contribution in [0.15, 0.2) is 41.2 Å². The Kier molecular flexibility index (Phi) is 5.75. The highest BCUT2D eigenvalue weighted by Gasteiger charge is 2.40. The van der Waals surface area contributed by atoms with Crippen molar-refractivity contribution < 1.29 is 17.9 Å². The molecule has 0 bridgehead atoms. The molecule has 1 aromatic carbocycles. The van der Waals surface area contributed by atoms with Crippen molar-refractivity contribution in [2.75, 3.05) is 29.4 Å². The smallest absolute Gasteiger partial charge is 0.406 e. The molecule has 182 valence electrons. The first-order valence-electron chi connectivity index (χ1n) is 11.1. The van der Waals surface area contributed by atoms with Gasteiger partial charge in [0.2, 0.25) is 0 Å². The molecule has 2 aromatic heterocycles. The molecule has 0 N–H and O–H groups in total. The van der Waals surface area contributed by atoms with Gasteiger partial charge in [-0.25, -0.2) is 4.98 Å². The summed E-state index contributed by atoms with van der Waals surface area (Å²) in [5.74, 6) is -0.000710. The number of rotatable bonds is 3. The number of halogens is 4. The van der Waals surface area contributed by atoms with Crippen molar-refractivity contribution in [1.29, 1.82) is 5.26 Å². The number of benzene rings is 1. The van der Waals surface area contributed by atoms with Crippen LogP contribution in [-0.4, -0.2) is 41.6 Å². The molecule has 0 spiro atoms. The number of aryl methyl sites for hydroxylation is 1. The second kappa shape index (κ2) is 8.64. The molecule has 0 radical (unpaired) electrons. The summed E-state index contributed by atoms with van der Waals surface area (Å²) in [4.78, 5) is 21.6. The zero-order chi connectivity index (χ0) is 24.9. The number of anilines is 2. The lowest BCUT2D eigenvalue weighted by molar-refractivity contribution is -0.274. The highest BCUT2D eigenvalue weighted by Crippen LogP contribution is 2.39. The summed E-state index contributed by atoms with van der Waals surface area (Å²) >= 11 is 6.16. The first kappa shape index (κ1) is 23.3. The van der Waals surface area contributed by atoms with E-state index in [4.69, 9.17) is 11.6 Å². The van der Waals surface area contributed by atoms with Crippen molar-refractivity contribution >= 4 is 34.0 Å². The molecule has 7 nitrogen and oxygen atoms in total. The van der Waals surface area contributed by atoms with Gasteiger partial charge in [-0.3, -0.25) is 4.79 Å². The molecule has 0 saturated carbocycles. The number of ether oxygens (including phenoxy) is 1. The normalized spacial score (nSPS) is 20.1. The molecule has 2 aliphatic rings. The third kappa shape index (κ3) is 4.25. The van der Waals surface area contributed by atoms with Gasteiger partial charge in [0.15, 0.2) is 0 Å². The third-order valence-corrected chi connectivity index (χ3v) is 7.06. The van der Waals surface area contributed by atoms with Gasteiger partial charge in [-0.1, -0.05) is 11.6 Å². The topological polar surface area (TPSA) is 74.4 Å². The van der Waals surface area contributed by atoms with Gasteiger partial charge in [-0.2, -0.15) is 5.26 Å². The van der Waals surface area contributed by atoms with Gasteiger partial charge < -0.3 is 19.1 Å². The lowest BCUT2D eigenvalue weighted by atomic mass is 9.91. The van der Waals surface area contributed by atoms with Crippen LogP contribution in [0, 0.1) is 17.2 Å². The lowest BCUT2D eigenvalue weighted by Crippen LogP contribution is -2.47. The molecule has 2 aliphatic heterocycles. The number of hydrogen-bond acceptors (Lipinski definition) is 6. The maximum Gasteiger partial charge on any atom is 0.573 e. The number of alkyl halides is 3. The Balaban J connectivity index is 1.42. The molecular weight excluding hydrogens is 483 g/mol. The number of fused-ring (bicyclic) bond motifs is 2. The maximum atomic E-state index is 12.9. The van der Waals surface area contributed by atoms with Crippen LogP contribution in [0.1, 0.15) is 18.4 Å². The van der Waals surface area contributed by atoms with Gasteiger partial charge >= 0.3 is 6.36 Å². The van der Waals surface area contributed by atoms with Crippen molar-refractivity contribution in [1.82, 2.24) is 9.55 Å². The Bertz CT molecular complexity index is 1380. The van der Waals surface area contributed by atoms with Crippen molar-refractivity contribution in [3.05, 3.63) is 57.5 Å². The molecule has 0 aliphatic carbocycles. The number of pyridine rings is 2. The second-order valence-electron chi connectivity index (χ2n) is 8.79. The van der Waals surface area contributed by atoms with Crippen molar-refractivity contribution in [2.45, 2.75) is 25.2 Å². The van der Waals surface area contributed by atoms with Crippen LogP contribution in [0.5, 0.6) is 5.75 Å². The van der Waals surface area contributed by atoms with Crippen LogP contribution >= 0.6 is 11.6 Å². The quantitative estimate of drug-likeness (QED) is 0.491. The molecule has 0 amide bonds. The number of aromatic nitrogens is 2. The van der Waals surface area contributed by atoms with E-state index in [0.29, 0.717) is 29.8 Å². The molecule has 5 rings (SSSR count). The fraction of sp³-hybridized carbons (Fsp3) is 0.375. The highest BCUT2D eigenvalue weighted by molar-refractivity contribution is 6.29. The van der Waals surface area contributed by atoms with E-state index in [2.05, 4.69) is 25.6 Å². The average Bonchev–Trinajstić information content (AvgIpc) is 3.24. The van der Waals surface area contributed by atoms with E-state index in [1.165, 1.54) is 16.7 Å². The average molecular weight is 504 g/mol. The summed E-state index contributed by atoms with van der Waals surface area (Å²) < 4.78 is 42.8. The minimum absolute atomic E-state index is 0.0447. The van der Waals surface area contributed by atoms with Gasteiger partial charge in [0, 0.05) is 38.4 Å². The van der Waals surface area contributed by atoms with E-state index < -0.39 is 6.36 Å². The molecule has 4 heterocycles. The fourth-order valence-electron chi connectivity index (χ4n) is 5.33. The predicted molar refractivity (Wildman–Crippen MR) is 126 cm³/mol. The Morgan fingerprint density at radius 1 is 1.14 bits per heavy atom. The Morgan fingerprint density at radius 2 is 1.89 bits per heavy atom. The largest absolute Gasteiger partial charge is 0.573 e. The minimum Gasteiger partial charge on any atom is -0.406 e. The van der Waals surface area contributed by atoms with Gasteiger partial charge in [0.25, 0.3) is 5.56 Å². The number of nitriles is 1. The van der Waals surface area contributed by atoms with Crippen LogP contribution in [0.4, 0.5) is 24.5 Å². The van der Waals surface area contributed by atoms with Crippen LogP contribution < -0.4 is 20.1 Å². The SMILES string of the molecule is Cn1c(=O)c(C#N)c(N2CC[C@@H]3[C@@H](CCN3c3ccc(OC(F)(F)F)cc3)C2)c2nc(Cl)ccc21. The zero-order valence-corrected chi connectivity index (χ0v) is 19.5. The van der Waals surface area contributed by atoms with E-state index in [1.54, 1.807) is 31.3 Å². The molecule has 0 unspecified atom stereocenters. The van der Waals surface area contributed by atoms with E-state index in [1.807, 2.05) is 0 Å². The van der Waals surface area contributed by atoms with Crippen LogP contribution in [-0.2, 0) is 7.05 Å². The number of nitrogens with zero attached hydrogens (tertiary/aromatic N) is 5. The van der Waals surface area contributed by atoms with Gasteiger partial charge in [0.1, 0.15) is 28.1 Å². The van der Waals surface area contributed by atoms with Crippen LogP contribution in [0.25, 0.3) is 11.0 Å². The van der Waals surface area contributed by atoms with Gasteiger partial charge in [0.05, 0.1) is 11.2 Å². The molecule has 2 saturated heterocycles.